The summed E-state index contributed by atoms with van der Waals surface area (Å²) in [5, 5.41) is 3.26. The summed E-state index contributed by atoms with van der Waals surface area (Å²) < 4.78 is 0. The minimum absolute atomic E-state index is 1.01. The first-order valence-electron chi connectivity index (χ1n) is 7.57. The van der Waals surface area contributed by atoms with E-state index in [0.29, 0.717) is 0 Å². The summed E-state index contributed by atoms with van der Waals surface area (Å²) in [6.07, 6.45) is 18.2. The van der Waals surface area contributed by atoms with Crippen LogP contribution in [0.3, 0.4) is 0 Å². The Morgan fingerprint density at radius 2 is 1.60 bits per heavy atom. The lowest BCUT2D eigenvalue weighted by atomic mass is 10.5. The van der Waals surface area contributed by atoms with E-state index in [1.54, 1.807) is 10.4 Å². The zero-order valence-corrected chi connectivity index (χ0v) is 15.2. The van der Waals surface area contributed by atoms with E-state index in [4.69, 9.17) is 0 Å². The summed E-state index contributed by atoms with van der Waals surface area (Å²) in [6, 6.07) is 0. The summed E-state index contributed by atoms with van der Waals surface area (Å²) >= 11 is 0. The Morgan fingerprint density at radius 3 is 2.15 bits per heavy atom. The summed E-state index contributed by atoms with van der Waals surface area (Å²) in [4.78, 5) is 3.80. The second-order valence-electron chi connectivity index (χ2n) is 6.78. The van der Waals surface area contributed by atoms with Crippen molar-refractivity contribution in [2.45, 2.75) is 39.0 Å². The standard InChI is InChI=1S/C17H27NSi2/c1-19(2,16-10-5-6-11-16)15-9-14-18-20(3,4)17-12-7-8-13-17/h5-10,12,15,18H,11,13-14H2,1-4H3. The van der Waals surface area contributed by atoms with Crippen LogP contribution in [0, 0.1) is 0 Å². The molecule has 0 atom stereocenters. The smallest absolute Gasteiger partial charge is 0.147 e. The SMILES string of the molecule is C[Si](C)(C=CCN[Si](C)(C)C1=CC=CC1)C1=CC=CC1. The maximum Gasteiger partial charge on any atom is 0.147 e. The molecule has 0 aliphatic heterocycles. The third-order valence-electron chi connectivity index (χ3n) is 4.37. The Balaban J connectivity index is 1.84. The summed E-state index contributed by atoms with van der Waals surface area (Å²) in [6.45, 7) is 10.7. The van der Waals surface area contributed by atoms with Gasteiger partial charge in [0, 0.05) is 6.54 Å². The molecular weight excluding hydrogens is 274 g/mol. The second-order valence-corrected chi connectivity index (χ2v) is 15.4. The van der Waals surface area contributed by atoms with E-state index in [-0.39, 0.29) is 0 Å². The molecule has 0 aromatic carbocycles. The maximum absolute atomic E-state index is 3.80. The molecule has 0 saturated heterocycles. The monoisotopic (exact) mass is 301 g/mol. The molecule has 0 saturated carbocycles. The van der Waals surface area contributed by atoms with Gasteiger partial charge in [-0.3, -0.25) is 0 Å². The summed E-state index contributed by atoms with van der Waals surface area (Å²) in [5.41, 5.74) is 2.49. The Hall–Kier alpha value is -0.906. The van der Waals surface area contributed by atoms with Gasteiger partial charge in [-0.2, -0.15) is 0 Å². The molecule has 0 spiro atoms. The van der Waals surface area contributed by atoms with Crippen LogP contribution in [0.1, 0.15) is 12.8 Å². The van der Waals surface area contributed by atoms with Gasteiger partial charge in [-0.05, 0) is 12.8 Å². The van der Waals surface area contributed by atoms with E-state index in [0.717, 1.165) is 19.4 Å². The van der Waals surface area contributed by atoms with Gasteiger partial charge >= 0.3 is 0 Å². The fourth-order valence-corrected chi connectivity index (χ4v) is 6.81. The van der Waals surface area contributed by atoms with Crippen molar-refractivity contribution in [3.63, 3.8) is 0 Å². The lowest BCUT2D eigenvalue weighted by Crippen LogP contribution is -2.46. The Labute approximate surface area is 126 Å². The van der Waals surface area contributed by atoms with Crippen LogP contribution in [-0.4, -0.2) is 22.9 Å². The summed E-state index contributed by atoms with van der Waals surface area (Å²) in [5.74, 6) is 0. The van der Waals surface area contributed by atoms with Crippen molar-refractivity contribution in [1.82, 2.24) is 4.98 Å². The molecule has 108 valence electrons. The van der Waals surface area contributed by atoms with E-state index < -0.39 is 16.3 Å². The molecule has 2 aliphatic rings. The van der Waals surface area contributed by atoms with Crippen LogP contribution in [0.5, 0.6) is 0 Å². The molecule has 1 nitrogen and oxygen atoms in total. The Morgan fingerprint density at radius 1 is 1.00 bits per heavy atom. The first-order valence-corrected chi connectivity index (χ1v) is 13.6. The number of hydrogen-bond donors (Lipinski definition) is 1. The van der Waals surface area contributed by atoms with Crippen molar-refractivity contribution in [1.29, 1.82) is 0 Å². The van der Waals surface area contributed by atoms with Gasteiger partial charge in [-0.15, -0.1) is 0 Å². The van der Waals surface area contributed by atoms with Gasteiger partial charge in [0.1, 0.15) is 8.24 Å². The van der Waals surface area contributed by atoms with E-state index in [9.17, 15) is 0 Å². The first kappa shape index (κ1) is 15.5. The highest BCUT2D eigenvalue weighted by Crippen LogP contribution is 2.24. The second kappa shape index (κ2) is 6.25. The number of allylic oxidation sites excluding steroid dienone is 8. The molecule has 3 heteroatoms. The highest BCUT2D eigenvalue weighted by Gasteiger charge is 2.26. The fraction of sp³-hybridized carbons (Fsp3) is 0.412. The molecule has 0 aromatic rings. The van der Waals surface area contributed by atoms with E-state index in [1.807, 2.05) is 0 Å². The minimum Gasteiger partial charge on any atom is -0.331 e. The third-order valence-corrected chi connectivity index (χ3v) is 10.5. The molecule has 0 bridgehead atoms. The number of rotatable bonds is 6. The normalized spacial score (nSPS) is 19.0. The van der Waals surface area contributed by atoms with Crippen molar-refractivity contribution in [3.8, 4) is 0 Å². The predicted octanol–water partition coefficient (Wildman–Crippen LogP) is 4.44. The molecule has 20 heavy (non-hydrogen) atoms. The van der Waals surface area contributed by atoms with Crippen LogP contribution in [0.15, 0.2) is 58.6 Å². The number of hydrogen-bond acceptors (Lipinski definition) is 1. The zero-order chi connectivity index (χ0) is 14.6. The minimum atomic E-state index is -1.41. The highest BCUT2D eigenvalue weighted by molar-refractivity contribution is 6.88. The lowest BCUT2D eigenvalue weighted by Gasteiger charge is -2.25. The predicted molar refractivity (Wildman–Crippen MR) is 95.8 cm³/mol. The quantitative estimate of drug-likeness (QED) is 0.715. The zero-order valence-electron chi connectivity index (χ0n) is 13.2. The van der Waals surface area contributed by atoms with Gasteiger partial charge in [-0.1, -0.05) is 84.8 Å². The van der Waals surface area contributed by atoms with Gasteiger partial charge in [0.2, 0.25) is 0 Å². The van der Waals surface area contributed by atoms with Crippen LogP contribution >= 0.6 is 0 Å². The van der Waals surface area contributed by atoms with Crippen molar-refractivity contribution in [2.75, 3.05) is 6.54 Å². The maximum atomic E-state index is 3.80. The average molecular weight is 302 g/mol. The van der Waals surface area contributed by atoms with Gasteiger partial charge in [0.25, 0.3) is 0 Å². The van der Waals surface area contributed by atoms with Crippen LogP contribution in [0.2, 0.25) is 26.2 Å². The van der Waals surface area contributed by atoms with E-state index in [2.05, 4.69) is 79.4 Å². The van der Waals surface area contributed by atoms with Crippen molar-refractivity contribution in [3.05, 3.63) is 58.6 Å². The van der Waals surface area contributed by atoms with Crippen LogP contribution in [0.25, 0.3) is 0 Å². The molecule has 2 rings (SSSR count). The van der Waals surface area contributed by atoms with Crippen molar-refractivity contribution < 1.29 is 0 Å². The fourth-order valence-electron chi connectivity index (χ4n) is 2.72. The van der Waals surface area contributed by atoms with Crippen LogP contribution < -0.4 is 4.98 Å². The molecule has 0 aromatic heterocycles. The number of nitrogens with one attached hydrogen (secondary N) is 1. The van der Waals surface area contributed by atoms with E-state index in [1.165, 1.54) is 0 Å². The molecule has 0 fully saturated rings. The summed E-state index contributed by atoms with van der Waals surface area (Å²) in [7, 11) is -2.74. The topological polar surface area (TPSA) is 12.0 Å². The molecule has 1 N–H and O–H groups in total. The average Bonchev–Trinajstić information content (AvgIpc) is 3.05. The van der Waals surface area contributed by atoms with Gasteiger partial charge < -0.3 is 4.98 Å². The van der Waals surface area contributed by atoms with Gasteiger partial charge in [0.05, 0.1) is 8.07 Å². The highest BCUT2D eigenvalue weighted by atomic mass is 28.3. The molecule has 0 amide bonds. The molecule has 2 aliphatic carbocycles. The molecule has 0 radical (unpaired) electrons. The molecule has 0 heterocycles. The van der Waals surface area contributed by atoms with Crippen LogP contribution in [-0.2, 0) is 0 Å². The lowest BCUT2D eigenvalue weighted by molar-refractivity contribution is 1.03. The van der Waals surface area contributed by atoms with Crippen LogP contribution in [0.4, 0.5) is 0 Å². The van der Waals surface area contributed by atoms with Gasteiger partial charge in [0.15, 0.2) is 0 Å². The van der Waals surface area contributed by atoms with Crippen molar-refractivity contribution in [2.24, 2.45) is 0 Å². The molecule has 0 unspecified atom stereocenters. The Kier molecular flexibility index (Phi) is 4.84. The van der Waals surface area contributed by atoms with E-state index >= 15 is 0 Å². The largest absolute Gasteiger partial charge is 0.331 e. The third kappa shape index (κ3) is 3.81. The molecular formula is C17H27NSi2. The van der Waals surface area contributed by atoms with Crippen molar-refractivity contribution >= 4 is 16.3 Å². The first-order chi connectivity index (χ1) is 9.42. The van der Waals surface area contributed by atoms with Gasteiger partial charge in [-0.25, -0.2) is 0 Å². The Bertz CT molecular complexity index is 505.